The first-order valence-corrected chi connectivity index (χ1v) is 7.85. The molecule has 0 spiro atoms. The number of nitrogens with zero attached hydrogens (tertiary/aromatic N) is 2. The van der Waals surface area contributed by atoms with Crippen LogP contribution < -0.4 is 0 Å². The number of rotatable bonds is 4. The Morgan fingerprint density at radius 1 is 1.26 bits per heavy atom. The molecule has 1 aliphatic rings. The van der Waals surface area contributed by atoms with Crippen molar-refractivity contribution in [2.24, 2.45) is 0 Å². The Balaban J connectivity index is 1.89. The Hall–Kier alpha value is -0.710. The number of thiophene rings is 1. The third-order valence-corrected chi connectivity index (χ3v) is 4.81. The molecule has 3 nitrogen and oxygen atoms in total. The molecule has 0 bridgehead atoms. The minimum atomic E-state index is 0.278. The highest BCUT2D eigenvalue weighted by atomic mass is 32.1. The summed E-state index contributed by atoms with van der Waals surface area (Å²) in [5.74, 6) is 0.278. The number of aryl methyl sites for hydroxylation is 2. The zero-order chi connectivity index (χ0) is 14.0. The van der Waals surface area contributed by atoms with E-state index in [-0.39, 0.29) is 5.78 Å². The predicted octanol–water partition coefficient (Wildman–Crippen LogP) is 2.57. The molecule has 0 aliphatic carbocycles. The molecule has 2 heterocycles. The van der Waals surface area contributed by atoms with Gasteiger partial charge in [0.25, 0.3) is 0 Å². The molecule has 1 saturated heterocycles. The number of carbonyl (C=O) groups is 1. The summed E-state index contributed by atoms with van der Waals surface area (Å²) in [4.78, 5) is 19.5. The lowest BCUT2D eigenvalue weighted by atomic mass is 10.1. The number of carbonyl (C=O) groups excluding carboxylic acids is 1. The van der Waals surface area contributed by atoms with E-state index in [4.69, 9.17) is 0 Å². The van der Waals surface area contributed by atoms with Gasteiger partial charge in [0.15, 0.2) is 5.78 Å². The Labute approximate surface area is 120 Å². The summed E-state index contributed by atoms with van der Waals surface area (Å²) in [6.07, 6.45) is 0. The molecular weight excluding hydrogens is 256 g/mol. The molecule has 0 atom stereocenters. The zero-order valence-corrected chi connectivity index (χ0v) is 13.2. The van der Waals surface area contributed by atoms with Gasteiger partial charge in [-0.2, -0.15) is 0 Å². The summed E-state index contributed by atoms with van der Waals surface area (Å²) in [6, 6.07) is 2.65. The SMILES string of the molecule is Cc1cc(C(=O)CN2CCN(C(C)C)CC2)c(C)s1. The van der Waals surface area contributed by atoms with Gasteiger partial charge in [-0.25, -0.2) is 0 Å². The lowest BCUT2D eigenvalue weighted by Gasteiger charge is -2.36. The average Bonchev–Trinajstić information content (AvgIpc) is 2.69. The van der Waals surface area contributed by atoms with Crippen LogP contribution in [-0.4, -0.2) is 54.3 Å². The van der Waals surface area contributed by atoms with Gasteiger partial charge in [-0.05, 0) is 33.8 Å². The van der Waals surface area contributed by atoms with Crippen LogP contribution in [-0.2, 0) is 0 Å². The van der Waals surface area contributed by atoms with Gasteiger partial charge in [0.05, 0.1) is 6.54 Å². The molecule has 0 unspecified atom stereocenters. The lowest BCUT2D eigenvalue weighted by Crippen LogP contribution is -2.50. The van der Waals surface area contributed by atoms with Gasteiger partial charge in [-0.3, -0.25) is 14.6 Å². The molecule has 0 amide bonds. The second-order valence-corrected chi connectivity index (χ2v) is 7.12. The summed E-state index contributed by atoms with van der Waals surface area (Å²) in [5, 5.41) is 0. The molecule has 0 saturated carbocycles. The Kier molecular flexibility index (Phi) is 4.76. The van der Waals surface area contributed by atoms with Gasteiger partial charge in [0.1, 0.15) is 0 Å². The van der Waals surface area contributed by atoms with Crippen molar-refractivity contribution in [3.05, 3.63) is 21.4 Å². The van der Waals surface area contributed by atoms with Crippen LogP contribution in [0.4, 0.5) is 0 Å². The largest absolute Gasteiger partial charge is 0.298 e. The maximum absolute atomic E-state index is 12.3. The molecule has 106 valence electrons. The molecule has 1 aliphatic heterocycles. The summed E-state index contributed by atoms with van der Waals surface area (Å²) < 4.78 is 0. The first kappa shape index (κ1) is 14.7. The van der Waals surface area contributed by atoms with Gasteiger partial charge < -0.3 is 0 Å². The van der Waals surface area contributed by atoms with E-state index in [1.165, 1.54) is 4.88 Å². The summed E-state index contributed by atoms with van der Waals surface area (Å²) in [6.45, 7) is 13.3. The minimum absolute atomic E-state index is 0.278. The second kappa shape index (κ2) is 6.16. The average molecular weight is 280 g/mol. The zero-order valence-electron chi connectivity index (χ0n) is 12.4. The molecule has 0 radical (unpaired) electrons. The molecule has 0 aromatic carbocycles. The Bertz CT molecular complexity index is 445. The standard InChI is InChI=1S/C15H24N2OS/c1-11(2)17-7-5-16(6-8-17)10-15(18)14-9-12(3)19-13(14)4/h9,11H,5-8,10H2,1-4H3. The van der Waals surface area contributed by atoms with Crippen molar-refractivity contribution in [3.63, 3.8) is 0 Å². The van der Waals surface area contributed by atoms with E-state index in [0.29, 0.717) is 12.6 Å². The van der Waals surface area contributed by atoms with Crippen molar-refractivity contribution in [1.29, 1.82) is 0 Å². The van der Waals surface area contributed by atoms with Gasteiger partial charge in [0.2, 0.25) is 0 Å². The van der Waals surface area contributed by atoms with E-state index >= 15 is 0 Å². The molecule has 2 rings (SSSR count). The molecule has 1 aromatic heterocycles. The molecule has 1 aromatic rings. The van der Waals surface area contributed by atoms with Crippen molar-refractivity contribution >= 4 is 17.1 Å². The van der Waals surface area contributed by atoms with Crippen LogP contribution in [0, 0.1) is 13.8 Å². The first-order chi connectivity index (χ1) is 8.97. The van der Waals surface area contributed by atoms with Gasteiger partial charge in [0, 0.05) is 47.5 Å². The van der Waals surface area contributed by atoms with Gasteiger partial charge >= 0.3 is 0 Å². The fraction of sp³-hybridized carbons (Fsp3) is 0.667. The maximum atomic E-state index is 12.3. The third kappa shape index (κ3) is 3.65. The fourth-order valence-electron chi connectivity index (χ4n) is 2.63. The molecule has 0 N–H and O–H groups in total. The van der Waals surface area contributed by atoms with E-state index in [1.54, 1.807) is 11.3 Å². The highest BCUT2D eigenvalue weighted by Gasteiger charge is 2.21. The van der Waals surface area contributed by atoms with Gasteiger partial charge in [-0.1, -0.05) is 0 Å². The van der Waals surface area contributed by atoms with E-state index in [2.05, 4.69) is 30.6 Å². The summed E-state index contributed by atoms with van der Waals surface area (Å²) in [5.41, 5.74) is 0.925. The van der Waals surface area contributed by atoms with Crippen LogP contribution in [0.25, 0.3) is 0 Å². The lowest BCUT2D eigenvalue weighted by molar-refractivity contribution is 0.0807. The van der Waals surface area contributed by atoms with Gasteiger partial charge in [-0.15, -0.1) is 11.3 Å². The topological polar surface area (TPSA) is 23.6 Å². The van der Waals surface area contributed by atoms with Crippen LogP contribution in [0.2, 0.25) is 0 Å². The van der Waals surface area contributed by atoms with Crippen molar-refractivity contribution in [1.82, 2.24) is 9.80 Å². The quantitative estimate of drug-likeness (QED) is 0.792. The van der Waals surface area contributed by atoms with E-state index in [1.807, 2.05) is 13.0 Å². The monoisotopic (exact) mass is 280 g/mol. The van der Waals surface area contributed by atoms with Crippen LogP contribution in [0.1, 0.15) is 34.0 Å². The molecule has 19 heavy (non-hydrogen) atoms. The normalized spacial score (nSPS) is 18.2. The number of ketones is 1. The minimum Gasteiger partial charge on any atom is -0.298 e. The van der Waals surface area contributed by atoms with E-state index in [9.17, 15) is 4.79 Å². The van der Waals surface area contributed by atoms with Crippen LogP contribution in [0.5, 0.6) is 0 Å². The summed E-state index contributed by atoms with van der Waals surface area (Å²) >= 11 is 1.72. The second-order valence-electron chi connectivity index (χ2n) is 5.66. The number of hydrogen-bond donors (Lipinski definition) is 0. The molecule has 1 fully saturated rings. The fourth-order valence-corrected chi connectivity index (χ4v) is 3.58. The van der Waals surface area contributed by atoms with Crippen molar-refractivity contribution in [3.8, 4) is 0 Å². The molecule has 4 heteroatoms. The smallest absolute Gasteiger partial charge is 0.177 e. The van der Waals surface area contributed by atoms with E-state index in [0.717, 1.165) is 36.6 Å². The summed E-state index contributed by atoms with van der Waals surface area (Å²) in [7, 11) is 0. The number of piperazine rings is 1. The van der Waals surface area contributed by atoms with Crippen molar-refractivity contribution < 1.29 is 4.79 Å². The van der Waals surface area contributed by atoms with Crippen LogP contribution in [0.3, 0.4) is 0 Å². The van der Waals surface area contributed by atoms with Crippen LogP contribution >= 0.6 is 11.3 Å². The Morgan fingerprint density at radius 2 is 1.89 bits per heavy atom. The van der Waals surface area contributed by atoms with E-state index < -0.39 is 0 Å². The Morgan fingerprint density at radius 3 is 2.37 bits per heavy atom. The third-order valence-electron chi connectivity index (χ3n) is 3.85. The highest BCUT2D eigenvalue weighted by Crippen LogP contribution is 2.21. The van der Waals surface area contributed by atoms with Crippen molar-refractivity contribution in [2.45, 2.75) is 33.7 Å². The van der Waals surface area contributed by atoms with Crippen LogP contribution in [0.15, 0.2) is 6.07 Å². The number of Topliss-reactive ketones (excluding diaryl/α,β-unsaturated/α-hetero) is 1. The predicted molar refractivity (Wildman–Crippen MR) is 81.3 cm³/mol. The first-order valence-electron chi connectivity index (χ1n) is 7.04. The number of hydrogen-bond acceptors (Lipinski definition) is 4. The molecular formula is C15H24N2OS. The van der Waals surface area contributed by atoms with Crippen molar-refractivity contribution in [2.75, 3.05) is 32.7 Å². The highest BCUT2D eigenvalue weighted by molar-refractivity contribution is 7.12. The maximum Gasteiger partial charge on any atom is 0.177 e.